The topological polar surface area (TPSA) is 50.2 Å². The number of hydrogen-bond donors (Lipinski definition) is 1. The Morgan fingerprint density at radius 1 is 1.28 bits per heavy atom. The van der Waals surface area contributed by atoms with E-state index in [1.807, 2.05) is 18.2 Å². The van der Waals surface area contributed by atoms with Crippen molar-refractivity contribution in [1.82, 2.24) is 4.98 Å². The highest BCUT2D eigenvalue weighted by Crippen LogP contribution is 2.46. The molecule has 2 rings (SSSR count). The molecule has 3 nitrogen and oxygen atoms in total. The molecule has 0 amide bonds. The van der Waals surface area contributed by atoms with Crippen molar-refractivity contribution in [3.05, 3.63) is 30.1 Å². The summed E-state index contributed by atoms with van der Waals surface area (Å²) < 4.78 is 0. The van der Waals surface area contributed by atoms with Crippen LogP contribution in [0.3, 0.4) is 0 Å². The molecule has 1 heterocycles. The first-order chi connectivity index (χ1) is 8.44. The van der Waals surface area contributed by atoms with Gasteiger partial charge in [0, 0.05) is 18.3 Å². The SMILES string of the molecule is CC1(C)CCC(Cc2ccccn2)(C(=O)O)CC1. The van der Waals surface area contributed by atoms with Crippen molar-refractivity contribution in [2.45, 2.75) is 46.0 Å². The standard InChI is InChI=1S/C15H21NO2/c1-14(2)6-8-15(9-7-14,13(17)18)11-12-5-3-4-10-16-12/h3-5,10H,6-9,11H2,1-2H3,(H,17,18). The van der Waals surface area contributed by atoms with Gasteiger partial charge in [-0.15, -0.1) is 0 Å². The average Bonchev–Trinajstić information content (AvgIpc) is 2.33. The lowest BCUT2D eigenvalue weighted by atomic mass is 9.63. The quantitative estimate of drug-likeness (QED) is 0.891. The summed E-state index contributed by atoms with van der Waals surface area (Å²) in [5.41, 5.74) is 0.562. The number of carbonyl (C=O) groups is 1. The van der Waals surface area contributed by atoms with Crippen LogP contribution in [0.2, 0.25) is 0 Å². The van der Waals surface area contributed by atoms with Gasteiger partial charge in [0.1, 0.15) is 0 Å². The van der Waals surface area contributed by atoms with Crippen molar-refractivity contribution < 1.29 is 9.90 Å². The van der Waals surface area contributed by atoms with Crippen LogP contribution in [0.25, 0.3) is 0 Å². The first-order valence-corrected chi connectivity index (χ1v) is 6.57. The molecule has 3 heteroatoms. The number of carboxylic acids is 1. The number of hydrogen-bond acceptors (Lipinski definition) is 2. The molecule has 1 aliphatic rings. The smallest absolute Gasteiger partial charge is 0.310 e. The third-order valence-corrected chi connectivity index (χ3v) is 4.26. The zero-order valence-corrected chi connectivity index (χ0v) is 11.1. The van der Waals surface area contributed by atoms with Crippen molar-refractivity contribution in [2.24, 2.45) is 10.8 Å². The van der Waals surface area contributed by atoms with Crippen LogP contribution >= 0.6 is 0 Å². The zero-order valence-electron chi connectivity index (χ0n) is 11.1. The fourth-order valence-electron chi connectivity index (χ4n) is 2.72. The number of rotatable bonds is 3. The van der Waals surface area contributed by atoms with E-state index in [-0.39, 0.29) is 5.41 Å². The molecule has 0 radical (unpaired) electrons. The van der Waals surface area contributed by atoms with Gasteiger partial charge in [-0.2, -0.15) is 0 Å². The summed E-state index contributed by atoms with van der Waals surface area (Å²) in [5.74, 6) is -0.663. The Bertz CT molecular complexity index is 415. The highest BCUT2D eigenvalue weighted by atomic mass is 16.4. The summed E-state index contributed by atoms with van der Waals surface area (Å²) in [7, 11) is 0. The van der Waals surface area contributed by atoms with E-state index in [1.165, 1.54) is 0 Å². The predicted octanol–water partition coefficient (Wildman–Crippen LogP) is 3.30. The van der Waals surface area contributed by atoms with Crippen LogP contribution in [0.4, 0.5) is 0 Å². The lowest BCUT2D eigenvalue weighted by Crippen LogP contribution is -2.39. The third-order valence-electron chi connectivity index (χ3n) is 4.26. The van der Waals surface area contributed by atoms with Crippen LogP contribution in [0.5, 0.6) is 0 Å². The van der Waals surface area contributed by atoms with Crippen LogP contribution in [-0.2, 0) is 11.2 Å². The van der Waals surface area contributed by atoms with E-state index in [4.69, 9.17) is 0 Å². The maximum atomic E-state index is 11.7. The van der Waals surface area contributed by atoms with Crippen LogP contribution in [0, 0.1) is 10.8 Å². The molecule has 1 aromatic rings. The molecule has 1 N–H and O–H groups in total. The summed E-state index contributed by atoms with van der Waals surface area (Å²) in [4.78, 5) is 15.9. The minimum atomic E-state index is -0.663. The van der Waals surface area contributed by atoms with Crippen molar-refractivity contribution in [2.75, 3.05) is 0 Å². The molecule has 0 spiro atoms. The van der Waals surface area contributed by atoms with Gasteiger partial charge < -0.3 is 5.11 Å². The van der Waals surface area contributed by atoms with E-state index in [9.17, 15) is 9.90 Å². The molecule has 0 atom stereocenters. The molecule has 0 unspecified atom stereocenters. The fraction of sp³-hybridized carbons (Fsp3) is 0.600. The van der Waals surface area contributed by atoms with Crippen LogP contribution in [0.15, 0.2) is 24.4 Å². The van der Waals surface area contributed by atoms with E-state index >= 15 is 0 Å². The van der Waals surface area contributed by atoms with Crippen molar-refractivity contribution >= 4 is 5.97 Å². The minimum Gasteiger partial charge on any atom is -0.481 e. The predicted molar refractivity (Wildman–Crippen MR) is 70.3 cm³/mol. The maximum absolute atomic E-state index is 11.7. The van der Waals surface area contributed by atoms with Gasteiger partial charge in [-0.05, 0) is 43.2 Å². The van der Waals surface area contributed by atoms with Crippen LogP contribution < -0.4 is 0 Å². The number of aliphatic carboxylic acids is 1. The molecule has 1 aliphatic carbocycles. The van der Waals surface area contributed by atoms with Crippen molar-refractivity contribution in [3.63, 3.8) is 0 Å². The van der Waals surface area contributed by atoms with Gasteiger partial charge in [-0.3, -0.25) is 9.78 Å². The summed E-state index contributed by atoms with van der Waals surface area (Å²) in [6.45, 7) is 4.44. The average molecular weight is 247 g/mol. The molecule has 98 valence electrons. The first kappa shape index (κ1) is 13.1. The lowest BCUT2D eigenvalue weighted by Gasteiger charge is -2.40. The first-order valence-electron chi connectivity index (χ1n) is 6.57. The van der Waals surface area contributed by atoms with E-state index < -0.39 is 11.4 Å². The largest absolute Gasteiger partial charge is 0.481 e. The lowest BCUT2D eigenvalue weighted by molar-refractivity contribution is -0.152. The van der Waals surface area contributed by atoms with E-state index in [0.717, 1.165) is 31.4 Å². The number of nitrogens with zero attached hydrogens (tertiary/aromatic N) is 1. The summed E-state index contributed by atoms with van der Waals surface area (Å²) in [5, 5.41) is 9.59. The highest BCUT2D eigenvalue weighted by molar-refractivity contribution is 5.75. The molecule has 1 fully saturated rings. The Hall–Kier alpha value is -1.38. The van der Waals surface area contributed by atoms with E-state index in [0.29, 0.717) is 6.42 Å². The molecule has 1 aromatic heterocycles. The maximum Gasteiger partial charge on any atom is 0.310 e. The second-order valence-electron chi connectivity index (χ2n) is 6.25. The third kappa shape index (κ3) is 2.71. The zero-order chi connectivity index (χ0) is 13.2. The van der Waals surface area contributed by atoms with Gasteiger partial charge in [-0.25, -0.2) is 0 Å². The summed E-state index contributed by atoms with van der Waals surface area (Å²) in [6, 6.07) is 5.70. The van der Waals surface area contributed by atoms with Gasteiger partial charge in [0.05, 0.1) is 5.41 Å². The van der Waals surface area contributed by atoms with Crippen molar-refractivity contribution in [1.29, 1.82) is 0 Å². The van der Waals surface area contributed by atoms with E-state index in [1.54, 1.807) is 6.20 Å². The second kappa shape index (κ2) is 4.71. The molecule has 18 heavy (non-hydrogen) atoms. The number of aromatic nitrogens is 1. The van der Waals surface area contributed by atoms with E-state index in [2.05, 4.69) is 18.8 Å². The Kier molecular flexibility index (Phi) is 3.42. The van der Waals surface area contributed by atoms with Gasteiger partial charge in [0.2, 0.25) is 0 Å². The molecule has 0 aliphatic heterocycles. The molecular formula is C15H21NO2. The monoisotopic (exact) mass is 247 g/mol. The molecular weight excluding hydrogens is 226 g/mol. The summed E-state index contributed by atoms with van der Waals surface area (Å²) >= 11 is 0. The highest BCUT2D eigenvalue weighted by Gasteiger charge is 2.44. The Balaban J connectivity index is 2.17. The Morgan fingerprint density at radius 3 is 2.44 bits per heavy atom. The van der Waals surface area contributed by atoms with Crippen LogP contribution in [0.1, 0.15) is 45.2 Å². The van der Waals surface area contributed by atoms with Gasteiger partial charge >= 0.3 is 5.97 Å². The van der Waals surface area contributed by atoms with Crippen LogP contribution in [-0.4, -0.2) is 16.1 Å². The van der Waals surface area contributed by atoms with Gasteiger partial charge in [0.25, 0.3) is 0 Å². The molecule has 0 aromatic carbocycles. The molecule has 0 saturated heterocycles. The molecule has 1 saturated carbocycles. The Morgan fingerprint density at radius 2 is 1.94 bits per heavy atom. The second-order valence-corrected chi connectivity index (χ2v) is 6.25. The Labute approximate surface area is 108 Å². The normalized spacial score (nSPS) is 21.4. The van der Waals surface area contributed by atoms with Gasteiger partial charge in [-0.1, -0.05) is 19.9 Å². The molecule has 0 bridgehead atoms. The number of pyridine rings is 1. The fourth-order valence-corrected chi connectivity index (χ4v) is 2.72. The van der Waals surface area contributed by atoms with Gasteiger partial charge in [0.15, 0.2) is 0 Å². The van der Waals surface area contributed by atoms with Crippen molar-refractivity contribution in [3.8, 4) is 0 Å². The minimum absolute atomic E-state index is 0.281. The summed E-state index contributed by atoms with van der Waals surface area (Å²) in [6.07, 6.45) is 5.76. The number of carboxylic acid groups (broad SMARTS) is 1.